The van der Waals surface area contributed by atoms with Gasteiger partial charge in [-0.1, -0.05) is 6.07 Å². The predicted octanol–water partition coefficient (Wildman–Crippen LogP) is 2.22. The molecule has 0 atom stereocenters. The molecule has 0 fully saturated rings. The second-order valence-corrected chi connectivity index (χ2v) is 5.51. The number of primary amides is 1. The van der Waals surface area contributed by atoms with E-state index in [4.69, 9.17) is 22.7 Å². The molecule has 0 aliphatic rings. The third-order valence-electron chi connectivity index (χ3n) is 3.21. The second-order valence-electron chi connectivity index (χ2n) is 5.12. The number of nitrogens with two attached hydrogens (primary N) is 1. The van der Waals surface area contributed by atoms with Crippen molar-refractivity contribution < 1.29 is 9.53 Å². The summed E-state index contributed by atoms with van der Waals surface area (Å²) in [4.78, 5) is 14.6. The number of para-hydroxylation sites is 1. The summed E-state index contributed by atoms with van der Waals surface area (Å²) in [5, 5.41) is 0. The maximum Gasteiger partial charge on any atom is 0.224 e. The number of fused-ring (bicyclic) bond motifs is 1. The number of aromatic amines is 1. The van der Waals surface area contributed by atoms with E-state index in [9.17, 15) is 4.79 Å². The molecule has 0 aliphatic carbocycles. The summed E-state index contributed by atoms with van der Waals surface area (Å²) in [5.41, 5.74) is 6.48. The van der Waals surface area contributed by atoms with Crippen LogP contribution in [0.3, 0.4) is 0 Å². The van der Waals surface area contributed by atoms with Crippen LogP contribution in [0.1, 0.15) is 13.8 Å². The number of rotatable bonds is 4. The lowest BCUT2D eigenvalue weighted by Crippen LogP contribution is -2.35. The summed E-state index contributed by atoms with van der Waals surface area (Å²) in [6.45, 7) is 4.03. The van der Waals surface area contributed by atoms with Crippen LogP contribution >= 0.6 is 12.2 Å². The van der Waals surface area contributed by atoms with Crippen molar-refractivity contribution in [3.63, 3.8) is 0 Å². The third-order valence-corrected chi connectivity index (χ3v) is 3.53. The molecule has 1 aromatic carbocycles. The van der Waals surface area contributed by atoms with Crippen molar-refractivity contribution in [1.82, 2.24) is 9.55 Å². The molecule has 1 amide bonds. The largest absolute Gasteiger partial charge is 0.494 e. The molecule has 0 aliphatic heterocycles. The topological polar surface area (TPSA) is 73.0 Å². The predicted molar refractivity (Wildman–Crippen MR) is 76.7 cm³/mol. The lowest BCUT2D eigenvalue weighted by Gasteiger charge is -2.21. The van der Waals surface area contributed by atoms with E-state index in [1.807, 2.05) is 22.8 Å². The van der Waals surface area contributed by atoms with Gasteiger partial charge in [0, 0.05) is 6.54 Å². The standard InChI is InChI=1S/C13H17N3O2S/c1-13(2,11(14)17)7-16-8-5-4-6-9(18-3)10(8)15-12(16)19/h4-6H,7H2,1-3H3,(H2,14,17)(H,15,19). The number of hydrogen-bond acceptors (Lipinski definition) is 3. The molecule has 1 heterocycles. The molecule has 5 nitrogen and oxygen atoms in total. The Balaban J connectivity index is 2.59. The fourth-order valence-electron chi connectivity index (χ4n) is 1.95. The van der Waals surface area contributed by atoms with Crippen molar-refractivity contribution in [1.29, 1.82) is 0 Å². The minimum atomic E-state index is -0.670. The van der Waals surface area contributed by atoms with E-state index in [0.29, 0.717) is 11.3 Å². The summed E-state index contributed by atoms with van der Waals surface area (Å²) in [7, 11) is 1.61. The number of carbonyl (C=O) groups excluding carboxylic acids is 1. The Morgan fingerprint density at radius 2 is 2.21 bits per heavy atom. The van der Waals surface area contributed by atoms with E-state index < -0.39 is 5.41 Å². The fraction of sp³-hybridized carbons (Fsp3) is 0.385. The van der Waals surface area contributed by atoms with E-state index in [0.717, 1.165) is 16.8 Å². The second kappa shape index (κ2) is 4.70. The van der Waals surface area contributed by atoms with Gasteiger partial charge in [0.05, 0.1) is 18.0 Å². The Bertz CT molecular complexity index is 685. The van der Waals surface area contributed by atoms with Crippen LogP contribution in [-0.4, -0.2) is 22.6 Å². The normalized spacial score (nSPS) is 11.7. The molecule has 0 saturated carbocycles. The molecule has 0 saturated heterocycles. The number of amides is 1. The van der Waals surface area contributed by atoms with E-state index >= 15 is 0 Å². The Hall–Kier alpha value is -1.82. The highest BCUT2D eigenvalue weighted by atomic mass is 32.1. The molecule has 0 spiro atoms. The fourth-order valence-corrected chi connectivity index (χ4v) is 2.22. The van der Waals surface area contributed by atoms with Gasteiger partial charge in [-0.3, -0.25) is 4.79 Å². The first kappa shape index (κ1) is 13.6. The Labute approximate surface area is 116 Å². The number of aromatic nitrogens is 2. The molecular weight excluding hydrogens is 262 g/mol. The molecule has 0 unspecified atom stereocenters. The average molecular weight is 279 g/mol. The molecule has 2 rings (SSSR count). The molecule has 19 heavy (non-hydrogen) atoms. The number of nitrogens with zero attached hydrogens (tertiary/aromatic N) is 1. The van der Waals surface area contributed by atoms with Crippen molar-refractivity contribution >= 4 is 29.2 Å². The van der Waals surface area contributed by atoms with Crippen LogP contribution in [0.25, 0.3) is 11.0 Å². The van der Waals surface area contributed by atoms with E-state index in [1.54, 1.807) is 21.0 Å². The zero-order valence-corrected chi connectivity index (χ0v) is 12.0. The number of ether oxygens (including phenoxy) is 1. The van der Waals surface area contributed by atoms with Gasteiger partial charge in [-0.2, -0.15) is 0 Å². The number of carbonyl (C=O) groups is 1. The highest BCUT2D eigenvalue weighted by Gasteiger charge is 2.26. The summed E-state index contributed by atoms with van der Waals surface area (Å²) >= 11 is 5.31. The quantitative estimate of drug-likeness (QED) is 0.843. The van der Waals surface area contributed by atoms with Crippen LogP contribution < -0.4 is 10.5 Å². The minimum absolute atomic E-state index is 0.355. The molecule has 0 bridgehead atoms. The number of nitrogens with one attached hydrogen (secondary N) is 1. The summed E-state index contributed by atoms with van der Waals surface area (Å²) in [5.74, 6) is 0.367. The van der Waals surface area contributed by atoms with Gasteiger partial charge >= 0.3 is 0 Å². The van der Waals surface area contributed by atoms with Gasteiger partial charge in [-0.15, -0.1) is 0 Å². The summed E-state index contributed by atoms with van der Waals surface area (Å²) in [6.07, 6.45) is 0. The van der Waals surface area contributed by atoms with Crippen molar-refractivity contribution in [2.45, 2.75) is 20.4 Å². The zero-order chi connectivity index (χ0) is 14.2. The molecule has 6 heteroatoms. The van der Waals surface area contributed by atoms with Gasteiger partial charge < -0.3 is 20.0 Å². The molecule has 1 aromatic heterocycles. The number of H-pyrrole nitrogens is 1. The maximum atomic E-state index is 11.5. The minimum Gasteiger partial charge on any atom is -0.494 e. The Morgan fingerprint density at radius 3 is 2.79 bits per heavy atom. The molecule has 102 valence electrons. The van der Waals surface area contributed by atoms with Crippen LogP contribution in [0.15, 0.2) is 18.2 Å². The van der Waals surface area contributed by atoms with Gasteiger partial charge in [0.1, 0.15) is 11.3 Å². The smallest absolute Gasteiger partial charge is 0.224 e. The van der Waals surface area contributed by atoms with Gasteiger partial charge in [0.15, 0.2) is 4.77 Å². The van der Waals surface area contributed by atoms with Crippen LogP contribution in [-0.2, 0) is 11.3 Å². The van der Waals surface area contributed by atoms with E-state index in [1.165, 1.54) is 0 Å². The first-order chi connectivity index (χ1) is 8.86. The summed E-state index contributed by atoms with van der Waals surface area (Å²) < 4.78 is 7.71. The van der Waals surface area contributed by atoms with Gasteiger partial charge in [0.2, 0.25) is 5.91 Å². The number of benzene rings is 1. The molecule has 3 N–H and O–H groups in total. The first-order valence-electron chi connectivity index (χ1n) is 5.92. The van der Waals surface area contributed by atoms with E-state index in [2.05, 4.69) is 4.98 Å². The van der Waals surface area contributed by atoms with Crippen LogP contribution in [0.4, 0.5) is 0 Å². The van der Waals surface area contributed by atoms with Crippen molar-refractivity contribution in [3.05, 3.63) is 23.0 Å². The first-order valence-corrected chi connectivity index (χ1v) is 6.33. The van der Waals surface area contributed by atoms with Gasteiger partial charge in [-0.05, 0) is 38.2 Å². The number of hydrogen-bond donors (Lipinski definition) is 2. The SMILES string of the molecule is COc1cccc2c1[nH]c(=S)n2CC(C)(C)C(N)=O. The maximum absolute atomic E-state index is 11.5. The van der Waals surface area contributed by atoms with Gasteiger partial charge in [0.25, 0.3) is 0 Å². The Kier molecular flexibility index (Phi) is 3.36. The molecule has 2 aromatic rings. The summed E-state index contributed by atoms with van der Waals surface area (Å²) in [6, 6.07) is 5.68. The molecular formula is C13H17N3O2S. The average Bonchev–Trinajstić information content (AvgIpc) is 2.65. The van der Waals surface area contributed by atoms with Crippen molar-refractivity contribution in [3.8, 4) is 5.75 Å². The van der Waals surface area contributed by atoms with Gasteiger partial charge in [-0.25, -0.2) is 0 Å². The highest BCUT2D eigenvalue weighted by molar-refractivity contribution is 7.71. The zero-order valence-electron chi connectivity index (χ0n) is 11.2. The lowest BCUT2D eigenvalue weighted by molar-refractivity contribution is -0.126. The highest BCUT2D eigenvalue weighted by Crippen LogP contribution is 2.27. The third kappa shape index (κ3) is 2.35. The number of imidazole rings is 1. The monoisotopic (exact) mass is 279 g/mol. The van der Waals surface area contributed by atoms with Crippen LogP contribution in [0.5, 0.6) is 5.75 Å². The van der Waals surface area contributed by atoms with Crippen LogP contribution in [0, 0.1) is 10.2 Å². The van der Waals surface area contributed by atoms with Crippen molar-refractivity contribution in [2.24, 2.45) is 11.1 Å². The van der Waals surface area contributed by atoms with Crippen molar-refractivity contribution in [2.75, 3.05) is 7.11 Å². The molecule has 0 radical (unpaired) electrons. The number of methoxy groups -OCH3 is 1. The Morgan fingerprint density at radius 1 is 1.53 bits per heavy atom. The lowest BCUT2D eigenvalue weighted by atomic mass is 9.92. The van der Waals surface area contributed by atoms with E-state index in [-0.39, 0.29) is 5.91 Å². The van der Waals surface area contributed by atoms with Crippen LogP contribution in [0.2, 0.25) is 0 Å².